The smallest absolute Gasteiger partial charge is 0.416 e. The van der Waals surface area contributed by atoms with Crippen LogP contribution in [0.5, 0.6) is 0 Å². The van der Waals surface area contributed by atoms with Crippen LogP contribution in [0.3, 0.4) is 0 Å². The molecule has 2 heterocycles. The van der Waals surface area contributed by atoms with E-state index >= 15 is 0 Å². The number of carbonyl (C=O) groups excluding carboxylic acids is 1. The van der Waals surface area contributed by atoms with E-state index in [1.54, 1.807) is 23.3 Å². The molecule has 1 fully saturated rings. The van der Waals surface area contributed by atoms with Crippen LogP contribution in [0.4, 0.5) is 24.5 Å². The zero-order valence-electron chi connectivity index (χ0n) is 21.7. The number of piperidine rings is 1. The highest BCUT2D eigenvalue weighted by Crippen LogP contribution is 2.32. The molecule has 0 bridgehead atoms. The highest BCUT2D eigenvalue weighted by atomic mass is 32.2. The molecule has 0 radical (unpaired) electrons. The van der Waals surface area contributed by atoms with Crippen LogP contribution in [0.25, 0.3) is 0 Å². The summed E-state index contributed by atoms with van der Waals surface area (Å²) in [6.07, 6.45) is 1.50. The highest BCUT2D eigenvalue weighted by Gasteiger charge is 2.32. The Morgan fingerprint density at radius 1 is 1.05 bits per heavy atom. The van der Waals surface area contributed by atoms with E-state index in [-0.39, 0.29) is 11.6 Å². The SMILES string of the molecule is CCCCN(Cc1ccco1)c1ccc(NS(=O)(=O)c2cccc(C(F)(F)F)c2)cc1C(=O)N1CCCCC1. The van der Waals surface area contributed by atoms with Crippen molar-refractivity contribution in [2.75, 3.05) is 29.3 Å². The quantitative estimate of drug-likeness (QED) is 0.303. The minimum Gasteiger partial charge on any atom is -0.467 e. The first-order valence-electron chi connectivity index (χ1n) is 13.0. The third-order valence-corrected chi connectivity index (χ3v) is 8.02. The van der Waals surface area contributed by atoms with E-state index in [4.69, 9.17) is 4.42 Å². The van der Waals surface area contributed by atoms with E-state index in [1.165, 1.54) is 12.1 Å². The maximum absolute atomic E-state index is 13.7. The standard InChI is InChI=1S/C28H32F3N3O4S/c1-2-3-14-34(20-23-10-8-17-38-23)26-13-12-22(19-25(26)27(35)33-15-5-4-6-16-33)32-39(36,37)24-11-7-9-21(18-24)28(29,30)31/h7-13,17-19,32H,2-6,14-16,20H2,1H3. The Bertz CT molecular complexity index is 1370. The molecular weight excluding hydrogens is 531 g/mol. The van der Waals surface area contributed by atoms with Crippen LogP contribution in [0.1, 0.15) is 60.7 Å². The molecule has 1 amide bonds. The number of carbonyl (C=O) groups is 1. The van der Waals surface area contributed by atoms with E-state index in [2.05, 4.69) is 11.6 Å². The van der Waals surface area contributed by atoms with Gasteiger partial charge in [-0.05, 0) is 74.2 Å². The second-order valence-corrected chi connectivity index (χ2v) is 11.3. The number of nitrogens with zero attached hydrogens (tertiary/aromatic N) is 2. The number of amides is 1. The maximum atomic E-state index is 13.7. The molecule has 11 heteroatoms. The number of nitrogens with one attached hydrogen (secondary N) is 1. The van der Waals surface area contributed by atoms with Gasteiger partial charge >= 0.3 is 6.18 Å². The van der Waals surface area contributed by atoms with Gasteiger partial charge in [0.2, 0.25) is 0 Å². The Labute approximate surface area is 226 Å². The number of likely N-dealkylation sites (tertiary alicyclic amines) is 1. The highest BCUT2D eigenvalue weighted by molar-refractivity contribution is 7.92. The van der Waals surface area contributed by atoms with Gasteiger partial charge in [-0.25, -0.2) is 8.42 Å². The van der Waals surface area contributed by atoms with Crippen LogP contribution in [-0.4, -0.2) is 38.9 Å². The van der Waals surface area contributed by atoms with Gasteiger partial charge in [0, 0.05) is 25.3 Å². The molecular formula is C28H32F3N3O4S. The zero-order valence-corrected chi connectivity index (χ0v) is 22.5. The number of halogens is 3. The molecule has 2 aromatic carbocycles. The minimum absolute atomic E-state index is 0.0879. The van der Waals surface area contributed by atoms with Gasteiger partial charge in [0.1, 0.15) is 5.76 Å². The number of rotatable bonds is 10. The normalized spacial score (nSPS) is 14.3. The summed E-state index contributed by atoms with van der Waals surface area (Å²) in [7, 11) is -4.36. The molecule has 3 aromatic rings. The van der Waals surface area contributed by atoms with E-state index in [0.29, 0.717) is 43.5 Å². The van der Waals surface area contributed by atoms with Gasteiger partial charge in [-0.3, -0.25) is 9.52 Å². The fraction of sp³-hybridized carbons (Fsp3) is 0.393. The monoisotopic (exact) mass is 563 g/mol. The largest absolute Gasteiger partial charge is 0.467 e. The number of sulfonamides is 1. The maximum Gasteiger partial charge on any atom is 0.416 e. The molecule has 0 unspecified atom stereocenters. The molecule has 39 heavy (non-hydrogen) atoms. The van der Waals surface area contributed by atoms with Gasteiger partial charge in [-0.1, -0.05) is 19.4 Å². The Morgan fingerprint density at radius 2 is 1.82 bits per heavy atom. The van der Waals surface area contributed by atoms with Gasteiger partial charge in [0.15, 0.2) is 0 Å². The molecule has 0 aliphatic carbocycles. The van der Waals surface area contributed by atoms with Crippen LogP contribution in [0, 0.1) is 0 Å². The summed E-state index contributed by atoms with van der Waals surface area (Å²) in [5, 5.41) is 0. The van der Waals surface area contributed by atoms with Crippen molar-refractivity contribution in [1.29, 1.82) is 0 Å². The van der Waals surface area contributed by atoms with Crippen LogP contribution >= 0.6 is 0 Å². The summed E-state index contributed by atoms with van der Waals surface area (Å²) in [4.78, 5) is 17.0. The first-order chi connectivity index (χ1) is 18.6. The summed E-state index contributed by atoms with van der Waals surface area (Å²) < 4.78 is 73.5. The molecule has 0 atom stereocenters. The fourth-order valence-corrected chi connectivity index (χ4v) is 5.69. The number of furan rings is 1. The molecule has 1 aliphatic rings. The third-order valence-electron chi connectivity index (χ3n) is 6.64. The number of alkyl halides is 3. The van der Waals surface area contributed by atoms with Crippen molar-refractivity contribution < 1.29 is 30.8 Å². The zero-order chi connectivity index (χ0) is 28.0. The first-order valence-corrected chi connectivity index (χ1v) is 14.5. The first kappa shape index (κ1) is 28.5. The molecule has 0 spiro atoms. The topological polar surface area (TPSA) is 82.9 Å². The van der Waals surface area contributed by atoms with Crippen molar-refractivity contribution in [3.8, 4) is 0 Å². The van der Waals surface area contributed by atoms with Gasteiger partial charge in [0.05, 0.1) is 34.5 Å². The lowest BCUT2D eigenvalue weighted by atomic mass is 10.1. The average molecular weight is 564 g/mol. The van der Waals surface area contributed by atoms with Crippen molar-refractivity contribution in [2.24, 2.45) is 0 Å². The van der Waals surface area contributed by atoms with Crippen LogP contribution < -0.4 is 9.62 Å². The van der Waals surface area contributed by atoms with Gasteiger partial charge in [0.25, 0.3) is 15.9 Å². The summed E-state index contributed by atoms with van der Waals surface area (Å²) >= 11 is 0. The second-order valence-electron chi connectivity index (χ2n) is 9.57. The molecule has 4 rings (SSSR count). The number of unbranched alkanes of at least 4 members (excludes halogenated alkanes) is 1. The summed E-state index contributed by atoms with van der Waals surface area (Å²) in [6, 6.07) is 11.9. The molecule has 210 valence electrons. The van der Waals surface area contributed by atoms with Crippen molar-refractivity contribution >= 4 is 27.3 Å². The van der Waals surface area contributed by atoms with Gasteiger partial charge in [-0.2, -0.15) is 13.2 Å². The molecule has 1 aromatic heterocycles. The van der Waals surface area contributed by atoms with E-state index in [1.807, 2.05) is 11.0 Å². The third kappa shape index (κ3) is 7.14. The molecule has 0 saturated carbocycles. The van der Waals surface area contributed by atoms with Crippen LogP contribution in [0.15, 0.2) is 70.2 Å². The van der Waals surface area contributed by atoms with E-state index in [9.17, 15) is 26.4 Å². The van der Waals surface area contributed by atoms with Crippen LogP contribution in [-0.2, 0) is 22.7 Å². The predicted octanol–water partition coefficient (Wildman–Crippen LogP) is 6.53. The van der Waals surface area contributed by atoms with Gasteiger partial charge in [-0.15, -0.1) is 0 Å². The Kier molecular flexibility index (Phi) is 8.89. The number of hydrogen-bond acceptors (Lipinski definition) is 5. The summed E-state index contributed by atoms with van der Waals surface area (Å²) in [5.41, 5.74) is -0.0163. The molecule has 1 saturated heterocycles. The van der Waals surface area contributed by atoms with Crippen molar-refractivity contribution in [2.45, 2.75) is 56.6 Å². The molecule has 1 aliphatic heterocycles. The van der Waals surface area contributed by atoms with E-state index < -0.39 is 26.7 Å². The Hall–Kier alpha value is -3.47. The number of hydrogen-bond donors (Lipinski definition) is 1. The van der Waals surface area contributed by atoms with Crippen LogP contribution in [0.2, 0.25) is 0 Å². The average Bonchev–Trinajstić information content (AvgIpc) is 3.44. The number of benzene rings is 2. The Morgan fingerprint density at radius 3 is 2.49 bits per heavy atom. The number of anilines is 2. The second kappa shape index (κ2) is 12.1. The van der Waals surface area contributed by atoms with Gasteiger partial charge < -0.3 is 14.2 Å². The summed E-state index contributed by atoms with van der Waals surface area (Å²) in [5.74, 6) is 0.502. The molecule has 1 N–H and O–H groups in total. The van der Waals surface area contributed by atoms with E-state index in [0.717, 1.165) is 56.1 Å². The predicted molar refractivity (Wildman–Crippen MR) is 143 cm³/mol. The lowest BCUT2D eigenvalue weighted by Crippen LogP contribution is -2.37. The van der Waals surface area contributed by atoms with Crippen molar-refractivity contribution in [3.05, 3.63) is 77.7 Å². The minimum atomic E-state index is -4.68. The van der Waals surface area contributed by atoms with Crippen molar-refractivity contribution in [3.63, 3.8) is 0 Å². The lowest BCUT2D eigenvalue weighted by molar-refractivity contribution is -0.137. The fourth-order valence-electron chi connectivity index (χ4n) is 4.59. The lowest BCUT2D eigenvalue weighted by Gasteiger charge is -2.31. The molecule has 7 nitrogen and oxygen atoms in total. The summed E-state index contributed by atoms with van der Waals surface area (Å²) in [6.45, 7) is 4.34. The van der Waals surface area contributed by atoms with Crippen molar-refractivity contribution in [1.82, 2.24) is 4.90 Å². The Balaban J connectivity index is 1.71.